The molecular weight excluding hydrogens is 545 g/mol. The lowest BCUT2D eigenvalue weighted by molar-refractivity contribution is -0.00575. The molecule has 5 nitrogen and oxygen atoms in total. The molecule has 0 radical (unpaired) electrons. The minimum atomic E-state index is -2.26. The fraction of sp³-hybridized carbons (Fsp3) is 0.355. The van der Waals surface area contributed by atoms with E-state index in [0.29, 0.717) is 23.7 Å². The van der Waals surface area contributed by atoms with Crippen LogP contribution in [0.4, 0.5) is 14.5 Å². The summed E-state index contributed by atoms with van der Waals surface area (Å²) < 4.78 is 49.3. The first-order valence-corrected chi connectivity index (χ1v) is 16.0. The van der Waals surface area contributed by atoms with Gasteiger partial charge in [0.25, 0.3) is 0 Å². The van der Waals surface area contributed by atoms with Crippen molar-refractivity contribution in [2.24, 2.45) is 5.41 Å². The number of anilines is 1. The van der Waals surface area contributed by atoms with Crippen molar-refractivity contribution in [3.05, 3.63) is 90.3 Å². The average molecular weight is 580 g/mol. The van der Waals surface area contributed by atoms with Crippen LogP contribution in [-0.2, 0) is 9.16 Å². The first kappa shape index (κ1) is 28.5. The standard InChI is InChI=1S/C31H35F2N3O2SSi/c1-20-17-36(18-21(2)37-20)28-25(16-24(26(32)27(28)33)30-34-19-35-39-30)29(31(3,4)5)38-40(22-12-8-6-9-13-22)23-14-10-7-11-15-23/h6-16,19-21,29,40H,17-18H2,1-5H3. The first-order valence-electron chi connectivity index (χ1n) is 13.6. The molecule has 210 valence electrons. The van der Waals surface area contributed by atoms with Gasteiger partial charge >= 0.3 is 0 Å². The SMILES string of the molecule is CC1CN(c2c(C(O[SiH](c3ccccc3)c3ccccc3)C(C)(C)C)cc(-c3ncns3)c(F)c2F)CC(C)O1. The smallest absolute Gasteiger partial charge is 0.240 e. The highest BCUT2D eigenvalue weighted by atomic mass is 32.1. The fourth-order valence-electron chi connectivity index (χ4n) is 5.45. The average Bonchev–Trinajstić information content (AvgIpc) is 3.45. The van der Waals surface area contributed by atoms with E-state index in [4.69, 9.17) is 9.16 Å². The van der Waals surface area contributed by atoms with Crippen LogP contribution in [0.25, 0.3) is 10.6 Å². The number of hydrogen-bond acceptors (Lipinski definition) is 6. The molecule has 3 unspecified atom stereocenters. The normalized spacial score (nSPS) is 18.8. The summed E-state index contributed by atoms with van der Waals surface area (Å²) in [5.74, 6) is -1.81. The van der Waals surface area contributed by atoms with Crippen LogP contribution in [0.5, 0.6) is 0 Å². The summed E-state index contributed by atoms with van der Waals surface area (Å²) in [4.78, 5) is 6.13. The van der Waals surface area contributed by atoms with Gasteiger partial charge in [0.15, 0.2) is 11.6 Å². The van der Waals surface area contributed by atoms with Crippen LogP contribution in [0.2, 0.25) is 0 Å². The lowest BCUT2D eigenvalue weighted by atomic mass is 9.83. The minimum Gasteiger partial charge on any atom is -0.403 e. The molecule has 2 heterocycles. The van der Waals surface area contributed by atoms with Crippen molar-refractivity contribution in [1.82, 2.24) is 9.36 Å². The minimum absolute atomic E-state index is 0.101. The van der Waals surface area contributed by atoms with E-state index in [1.54, 1.807) is 6.07 Å². The monoisotopic (exact) mass is 579 g/mol. The predicted molar refractivity (Wildman–Crippen MR) is 160 cm³/mol. The first-order chi connectivity index (χ1) is 19.1. The van der Waals surface area contributed by atoms with Crippen LogP contribution in [-0.4, -0.2) is 43.7 Å². The zero-order valence-electron chi connectivity index (χ0n) is 23.5. The third-order valence-electron chi connectivity index (χ3n) is 7.08. The topological polar surface area (TPSA) is 47.5 Å². The Morgan fingerprint density at radius 3 is 2.02 bits per heavy atom. The molecule has 3 aromatic carbocycles. The van der Waals surface area contributed by atoms with E-state index >= 15 is 8.78 Å². The van der Waals surface area contributed by atoms with Gasteiger partial charge in [0.1, 0.15) is 11.3 Å². The lowest BCUT2D eigenvalue weighted by Crippen LogP contribution is -2.48. The molecule has 0 amide bonds. The maximum Gasteiger partial charge on any atom is 0.240 e. The van der Waals surface area contributed by atoms with E-state index < -0.39 is 32.2 Å². The van der Waals surface area contributed by atoms with Gasteiger partial charge in [0.05, 0.1) is 29.6 Å². The molecule has 0 aliphatic carbocycles. The van der Waals surface area contributed by atoms with E-state index in [1.807, 2.05) is 55.1 Å². The molecule has 1 saturated heterocycles. The van der Waals surface area contributed by atoms with Crippen molar-refractivity contribution < 1.29 is 17.9 Å². The van der Waals surface area contributed by atoms with Crippen molar-refractivity contribution in [2.75, 3.05) is 18.0 Å². The Bertz CT molecular complexity index is 1370. The number of morpholine rings is 1. The Kier molecular flexibility index (Phi) is 8.46. The van der Waals surface area contributed by atoms with Crippen molar-refractivity contribution in [3.63, 3.8) is 0 Å². The van der Waals surface area contributed by atoms with Gasteiger partial charge in [-0.05, 0) is 47.2 Å². The number of nitrogens with zero attached hydrogens (tertiary/aromatic N) is 3. The molecule has 5 rings (SSSR count). The third kappa shape index (κ3) is 6.02. The highest BCUT2D eigenvalue weighted by Gasteiger charge is 2.38. The largest absolute Gasteiger partial charge is 0.403 e. The second-order valence-electron chi connectivity index (χ2n) is 11.5. The summed E-state index contributed by atoms with van der Waals surface area (Å²) in [7, 11) is -2.26. The second kappa shape index (κ2) is 11.9. The van der Waals surface area contributed by atoms with E-state index in [2.05, 4.69) is 54.4 Å². The van der Waals surface area contributed by atoms with E-state index in [1.165, 1.54) is 6.33 Å². The van der Waals surface area contributed by atoms with E-state index in [9.17, 15) is 0 Å². The van der Waals surface area contributed by atoms with Gasteiger partial charge in [0, 0.05) is 18.7 Å². The number of ether oxygens (including phenoxy) is 1. The van der Waals surface area contributed by atoms with Gasteiger partial charge in [-0.25, -0.2) is 13.8 Å². The molecule has 0 bridgehead atoms. The maximum absolute atomic E-state index is 16.3. The predicted octanol–water partition coefficient (Wildman–Crippen LogP) is 5.74. The Hall–Kier alpha value is -2.98. The lowest BCUT2D eigenvalue weighted by Gasteiger charge is -2.41. The number of hydrogen-bond donors (Lipinski definition) is 0. The quantitative estimate of drug-likeness (QED) is 0.262. The van der Waals surface area contributed by atoms with Crippen LogP contribution in [0.1, 0.15) is 46.3 Å². The zero-order valence-corrected chi connectivity index (χ0v) is 25.4. The van der Waals surface area contributed by atoms with Crippen molar-refractivity contribution in [2.45, 2.75) is 52.9 Å². The van der Waals surface area contributed by atoms with Gasteiger partial charge in [-0.2, -0.15) is 4.37 Å². The third-order valence-corrected chi connectivity index (χ3v) is 10.3. The summed E-state index contributed by atoms with van der Waals surface area (Å²) in [5, 5.41) is 2.57. The molecule has 0 saturated carbocycles. The van der Waals surface area contributed by atoms with Crippen LogP contribution in [0.15, 0.2) is 73.1 Å². The Balaban J connectivity index is 1.71. The molecule has 1 aromatic heterocycles. The van der Waals surface area contributed by atoms with Crippen molar-refractivity contribution in [3.8, 4) is 10.6 Å². The van der Waals surface area contributed by atoms with Crippen LogP contribution < -0.4 is 15.3 Å². The van der Waals surface area contributed by atoms with Gasteiger partial charge in [-0.15, -0.1) is 0 Å². The molecule has 1 fully saturated rings. The molecule has 40 heavy (non-hydrogen) atoms. The zero-order chi connectivity index (χ0) is 28.4. The number of benzene rings is 3. The molecule has 0 N–H and O–H groups in total. The molecule has 9 heteroatoms. The summed E-state index contributed by atoms with van der Waals surface area (Å²) >= 11 is 1.04. The van der Waals surface area contributed by atoms with Crippen LogP contribution in [0, 0.1) is 17.0 Å². The second-order valence-corrected chi connectivity index (χ2v) is 14.6. The summed E-state index contributed by atoms with van der Waals surface area (Å²) in [5.41, 5.74) is 0.503. The van der Waals surface area contributed by atoms with Gasteiger partial charge in [0.2, 0.25) is 9.04 Å². The van der Waals surface area contributed by atoms with Crippen LogP contribution in [0.3, 0.4) is 0 Å². The van der Waals surface area contributed by atoms with E-state index in [0.717, 1.165) is 21.9 Å². The highest BCUT2D eigenvalue weighted by Crippen LogP contribution is 2.45. The molecule has 1 aliphatic rings. The maximum atomic E-state index is 16.3. The van der Waals surface area contributed by atoms with Gasteiger partial charge in [-0.3, -0.25) is 0 Å². The van der Waals surface area contributed by atoms with Gasteiger partial charge in [-0.1, -0.05) is 81.4 Å². The molecule has 0 spiro atoms. The summed E-state index contributed by atoms with van der Waals surface area (Å²) in [6, 6.07) is 22.1. The Labute approximate surface area is 240 Å². The fourth-order valence-corrected chi connectivity index (χ4v) is 8.66. The van der Waals surface area contributed by atoms with Crippen molar-refractivity contribution >= 4 is 36.6 Å². The Morgan fingerprint density at radius 1 is 0.950 bits per heavy atom. The molecular formula is C31H35F2N3O2SSi. The molecule has 3 atom stereocenters. The van der Waals surface area contributed by atoms with Gasteiger partial charge < -0.3 is 14.1 Å². The summed E-state index contributed by atoms with van der Waals surface area (Å²) in [6.45, 7) is 11.1. The number of rotatable bonds is 7. The Morgan fingerprint density at radius 2 is 1.52 bits per heavy atom. The van der Waals surface area contributed by atoms with Crippen molar-refractivity contribution in [1.29, 1.82) is 0 Å². The molecule has 1 aliphatic heterocycles. The summed E-state index contributed by atoms with van der Waals surface area (Å²) in [6.07, 6.45) is 0.551. The number of halogens is 2. The highest BCUT2D eigenvalue weighted by molar-refractivity contribution is 7.09. The molecule has 4 aromatic rings. The number of aromatic nitrogens is 2. The van der Waals surface area contributed by atoms with E-state index in [-0.39, 0.29) is 23.5 Å². The van der Waals surface area contributed by atoms with Crippen LogP contribution >= 0.6 is 11.5 Å².